The number of hydrogen-bond donors (Lipinski definition) is 1. The van der Waals surface area contributed by atoms with Crippen molar-refractivity contribution in [3.05, 3.63) is 65.9 Å². The molecule has 3 aromatic rings. The van der Waals surface area contributed by atoms with Crippen LogP contribution in [0, 0.1) is 0 Å². The van der Waals surface area contributed by atoms with E-state index in [-0.39, 0.29) is 17.4 Å². The number of para-hydroxylation sites is 1. The van der Waals surface area contributed by atoms with Crippen molar-refractivity contribution in [3.8, 4) is 5.75 Å². The lowest BCUT2D eigenvalue weighted by Crippen LogP contribution is -2.54. The van der Waals surface area contributed by atoms with E-state index in [1.807, 2.05) is 72.3 Å². The van der Waals surface area contributed by atoms with Crippen molar-refractivity contribution < 1.29 is 14.3 Å². The minimum atomic E-state index is -0.0811. The number of rotatable bonds is 5. The van der Waals surface area contributed by atoms with Crippen LogP contribution in [0.25, 0.3) is 0 Å². The zero-order valence-electron chi connectivity index (χ0n) is 24.2. The summed E-state index contributed by atoms with van der Waals surface area (Å²) in [7, 11) is 3.71. The number of pyridine rings is 1. The Morgan fingerprint density at radius 2 is 1.68 bits per heavy atom. The van der Waals surface area contributed by atoms with Crippen LogP contribution < -0.4 is 19.9 Å². The minimum absolute atomic E-state index is 0.0113. The molecule has 0 aliphatic carbocycles. The smallest absolute Gasteiger partial charge is 0.260 e. The van der Waals surface area contributed by atoms with Crippen molar-refractivity contribution in [2.45, 2.75) is 33.2 Å². The summed E-state index contributed by atoms with van der Waals surface area (Å²) in [4.78, 5) is 39.0. The number of anilines is 5. The second-order valence-electron chi connectivity index (χ2n) is 11.2. The van der Waals surface area contributed by atoms with Crippen LogP contribution in [-0.2, 0) is 0 Å². The average Bonchev–Trinajstić information content (AvgIpc) is 3.03. The van der Waals surface area contributed by atoms with Gasteiger partial charge in [0.25, 0.3) is 11.8 Å². The normalized spacial score (nSPS) is 15.8. The fraction of sp³-hybridized carbons (Fsp3) is 0.387. The first-order valence-corrected chi connectivity index (χ1v) is 13.8. The average molecular weight is 543 g/mol. The molecular formula is C31H38N6O3. The second-order valence-corrected chi connectivity index (χ2v) is 11.2. The first-order valence-electron chi connectivity index (χ1n) is 13.8. The molecule has 9 nitrogen and oxygen atoms in total. The van der Waals surface area contributed by atoms with Crippen molar-refractivity contribution >= 4 is 40.4 Å². The zero-order valence-corrected chi connectivity index (χ0v) is 24.2. The van der Waals surface area contributed by atoms with E-state index in [2.05, 4.69) is 36.0 Å². The summed E-state index contributed by atoms with van der Waals surface area (Å²) in [5.74, 6) is 1.12. The molecule has 2 aliphatic rings. The Morgan fingerprint density at radius 3 is 2.38 bits per heavy atom. The molecule has 210 valence electrons. The highest BCUT2D eigenvalue weighted by Crippen LogP contribution is 2.40. The van der Waals surface area contributed by atoms with Crippen LogP contribution in [0.15, 0.2) is 54.7 Å². The van der Waals surface area contributed by atoms with Crippen molar-refractivity contribution in [3.63, 3.8) is 0 Å². The van der Waals surface area contributed by atoms with E-state index < -0.39 is 0 Å². The summed E-state index contributed by atoms with van der Waals surface area (Å²) in [6.07, 6.45) is 1.70. The summed E-state index contributed by atoms with van der Waals surface area (Å²) in [6.45, 7) is 12.1. The topological polar surface area (TPSA) is 81.2 Å². The first kappa shape index (κ1) is 27.5. The number of ether oxygens (including phenoxy) is 1. The van der Waals surface area contributed by atoms with E-state index >= 15 is 0 Å². The Morgan fingerprint density at radius 1 is 0.950 bits per heavy atom. The van der Waals surface area contributed by atoms with Gasteiger partial charge in [0.2, 0.25) is 0 Å². The predicted octanol–water partition coefficient (Wildman–Crippen LogP) is 5.14. The molecule has 0 bridgehead atoms. The van der Waals surface area contributed by atoms with Crippen LogP contribution in [0.3, 0.4) is 0 Å². The summed E-state index contributed by atoms with van der Waals surface area (Å²) >= 11 is 0. The Labute approximate surface area is 236 Å². The first-order chi connectivity index (χ1) is 19.1. The molecule has 9 heteroatoms. The maximum Gasteiger partial charge on any atom is 0.260 e. The number of nitrogens with one attached hydrogen (secondary N) is 1. The maximum absolute atomic E-state index is 13.4. The Hall–Kier alpha value is -4.11. The third kappa shape index (κ3) is 5.21. The van der Waals surface area contributed by atoms with Gasteiger partial charge in [0, 0.05) is 57.4 Å². The molecule has 5 rings (SSSR count). The SMILES string of the molecule is CCOc1cc(C(=O)N2CCN(C(C)(C)C)CC2)ccc1Nc1cc2c(cn1)N(C)C(=O)c1ccccc1N2C. The number of carbonyl (C=O) groups is 2. The van der Waals surface area contributed by atoms with Crippen LogP contribution in [-0.4, -0.2) is 79.0 Å². The number of aromatic nitrogens is 1. The number of fused-ring (bicyclic) bond motifs is 2. The lowest BCUT2D eigenvalue weighted by atomic mass is 10.0. The van der Waals surface area contributed by atoms with Gasteiger partial charge in [-0.25, -0.2) is 4.98 Å². The Kier molecular flexibility index (Phi) is 7.42. The predicted molar refractivity (Wildman–Crippen MR) is 160 cm³/mol. The lowest BCUT2D eigenvalue weighted by Gasteiger charge is -2.42. The monoisotopic (exact) mass is 542 g/mol. The molecule has 2 aliphatic heterocycles. The molecule has 0 radical (unpaired) electrons. The highest BCUT2D eigenvalue weighted by molar-refractivity contribution is 6.13. The minimum Gasteiger partial charge on any atom is -0.492 e. The number of piperazine rings is 1. The Balaban J connectivity index is 1.39. The van der Waals surface area contributed by atoms with Crippen LogP contribution >= 0.6 is 0 Å². The quantitative estimate of drug-likeness (QED) is 0.478. The van der Waals surface area contributed by atoms with Gasteiger partial charge < -0.3 is 24.8 Å². The number of nitrogens with zero attached hydrogens (tertiary/aromatic N) is 5. The van der Waals surface area contributed by atoms with E-state index in [1.54, 1.807) is 18.1 Å². The molecule has 0 unspecified atom stereocenters. The van der Waals surface area contributed by atoms with E-state index in [9.17, 15) is 9.59 Å². The summed E-state index contributed by atoms with van der Waals surface area (Å²) < 4.78 is 5.95. The standard InChI is InChI=1S/C31H38N6O3/c1-7-40-27-18-21(29(38)36-14-16-37(17-15-36)31(2,3)4)12-13-23(27)33-28-19-25-26(20-32-28)35(6)30(39)22-10-8-9-11-24(22)34(25)5/h8-13,18-20H,7,14-17H2,1-6H3,(H,32,33). The molecule has 1 fully saturated rings. The molecule has 40 heavy (non-hydrogen) atoms. The van der Waals surface area contributed by atoms with E-state index in [4.69, 9.17) is 4.74 Å². The fourth-order valence-electron chi connectivity index (χ4n) is 5.33. The summed E-state index contributed by atoms with van der Waals surface area (Å²) in [5, 5.41) is 3.37. The molecule has 1 aromatic heterocycles. The van der Waals surface area contributed by atoms with E-state index in [0.717, 1.165) is 24.5 Å². The molecule has 2 aromatic carbocycles. The highest BCUT2D eigenvalue weighted by atomic mass is 16.5. The third-order valence-corrected chi connectivity index (χ3v) is 7.69. The fourth-order valence-corrected chi connectivity index (χ4v) is 5.33. The van der Waals surface area contributed by atoms with Crippen LogP contribution in [0.4, 0.5) is 28.6 Å². The van der Waals surface area contributed by atoms with Crippen molar-refractivity contribution in [2.75, 3.05) is 62.0 Å². The Bertz CT molecular complexity index is 1420. The van der Waals surface area contributed by atoms with Gasteiger partial charge in [0.15, 0.2) is 0 Å². The maximum atomic E-state index is 13.4. The van der Waals surface area contributed by atoms with Crippen molar-refractivity contribution in [2.24, 2.45) is 0 Å². The molecule has 0 spiro atoms. The molecule has 0 saturated carbocycles. The molecule has 1 saturated heterocycles. The van der Waals surface area contributed by atoms with Gasteiger partial charge >= 0.3 is 0 Å². The largest absolute Gasteiger partial charge is 0.492 e. The third-order valence-electron chi connectivity index (χ3n) is 7.69. The van der Waals surface area contributed by atoms with Gasteiger partial charge in [-0.2, -0.15) is 0 Å². The van der Waals surface area contributed by atoms with E-state index in [0.29, 0.717) is 53.8 Å². The molecule has 3 heterocycles. The number of benzene rings is 2. The lowest BCUT2D eigenvalue weighted by molar-refractivity contribution is 0.0451. The summed E-state index contributed by atoms with van der Waals surface area (Å²) in [5.41, 5.74) is 4.43. The molecule has 2 amide bonds. The van der Waals surface area contributed by atoms with Gasteiger partial charge in [-0.05, 0) is 58.0 Å². The molecular weight excluding hydrogens is 504 g/mol. The van der Waals surface area contributed by atoms with Crippen LogP contribution in [0.2, 0.25) is 0 Å². The van der Waals surface area contributed by atoms with Crippen molar-refractivity contribution in [1.82, 2.24) is 14.8 Å². The zero-order chi connectivity index (χ0) is 28.6. The van der Waals surface area contributed by atoms with Gasteiger partial charge in [0.05, 0.1) is 41.1 Å². The molecule has 0 atom stereocenters. The van der Waals surface area contributed by atoms with Gasteiger partial charge in [0.1, 0.15) is 11.6 Å². The number of amides is 2. The van der Waals surface area contributed by atoms with Gasteiger partial charge in [-0.15, -0.1) is 0 Å². The summed E-state index contributed by atoms with van der Waals surface area (Å²) in [6, 6.07) is 15.0. The van der Waals surface area contributed by atoms with Crippen LogP contribution in [0.5, 0.6) is 5.75 Å². The van der Waals surface area contributed by atoms with Gasteiger partial charge in [-0.1, -0.05) is 12.1 Å². The van der Waals surface area contributed by atoms with Gasteiger partial charge in [-0.3, -0.25) is 14.5 Å². The molecule has 1 N–H and O–H groups in total. The van der Waals surface area contributed by atoms with Crippen molar-refractivity contribution in [1.29, 1.82) is 0 Å². The number of hydrogen-bond acceptors (Lipinski definition) is 7. The second kappa shape index (κ2) is 10.8. The van der Waals surface area contributed by atoms with Crippen LogP contribution in [0.1, 0.15) is 48.4 Å². The number of carbonyl (C=O) groups excluding carboxylic acids is 2. The highest BCUT2D eigenvalue weighted by Gasteiger charge is 2.29. The van der Waals surface area contributed by atoms with E-state index in [1.165, 1.54) is 0 Å².